The van der Waals surface area contributed by atoms with Crippen molar-refractivity contribution in [2.75, 3.05) is 6.54 Å². The third-order valence-corrected chi connectivity index (χ3v) is 3.25. The predicted molar refractivity (Wildman–Crippen MR) is 67.7 cm³/mol. The Bertz CT molecular complexity index is 365. The van der Waals surface area contributed by atoms with Gasteiger partial charge in [-0.25, -0.2) is 0 Å². The molecule has 0 radical (unpaired) electrons. The van der Waals surface area contributed by atoms with Gasteiger partial charge in [0.15, 0.2) is 0 Å². The molecule has 0 saturated carbocycles. The predicted octanol–water partition coefficient (Wildman–Crippen LogP) is 2.20. The van der Waals surface area contributed by atoms with E-state index in [4.69, 9.17) is 29.6 Å². The summed E-state index contributed by atoms with van der Waals surface area (Å²) in [6, 6.07) is 1.70. The van der Waals surface area contributed by atoms with Gasteiger partial charge in [-0.2, -0.15) is 0 Å². The van der Waals surface area contributed by atoms with Gasteiger partial charge in [0.1, 0.15) is 4.88 Å². The Labute approximate surface area is 103 Å². The molecule has 0 aliphatic heterocycles. The highest BCUT2D eigenvalue weighted by atomic mass is 35.5. The molecular weight excluding hydrogens is 252 g/mol. The SMILES string of the molecule is NC(=S)CCCNC(=O)c1sccc1Cl. The minimum Gasteiger partial charge on any atom is -0.393 e. The summed E-state index contributed by atoms with van der Waals surface area (Å²) in [6.07, 6.45) is 1.40. The molecular formula is C9H11ClN2OS2. The second-order valence-corrected chi connectivity index (χ2v) is 4.77. The lowest BCUT2D eigenvalue weighted by Crippen LogP contribution is -2.24. The first kappa shape index (κ1) is 12.4. The Kier molecular flexibility index (Phi) is 5.01. The first-order valence-corrected chi connectivity index (χ1v) is 6.07. The van der Waals surface area contributed by atoms with E-state index < -0.39 is 0 Å². The summed E-state index contributed by atoms with van der Waals surface area (Å²) in [5, 5.41) is 5.03. The molecule has 3 nitrogen and oxygen atoms in total. The number of carbonyl (C=O) groups is 1. The third kappa shape index (κ3) is 4.15. The molecule has 0 aliphatic carbocycles. The molecule has 82 valence electrons. The Hall–Kier alpha value is -0.650. The number of hydrogen-bond acceptors (Lipinski definition) is 3. The summed E-state index contributed by atoms with van der Waals surface area (Å²) in [5.74, 6) is -0.141. The zero-order chi connectivity index (χ0) is 11.3. The smallest absolute Gasteiger partial charge is 0.262 e. The van der Waals surface area contributed by atoms with Gasteiger partial charge in [-0.3, -0.25) is 4.79 Å². The van der Waals surface area contributed by atoms with Crippen LogP contribution in [0.3, 0.4) is 0 Å². The van der Waals surface area contributed by atoms with Crippen molar-refractivity contribution in [3.05, 3.63) is 21.3 Å². The van der Waals surface area contributed by atoms with Crippen molar-refractivity contribution in [2.45, 2.75) is 12.8 Å². The zero-order valence-corrected chi connectivity index (χ0v) is 10.3. The molecule has 6 heteroatoms. The van der Waals surface area contributed by atoms with Crippen molar-refractivity contribution >= 4 is 46.1 Å². The van der Waals surface area contributed by atoms with Crippen molar-refractivity contribution in [2.24, 2.45) is 5.73 Å². The molecule has 0 aliphatic rings. The molecule has 0 bridgehead atoms. The minimum atomic E-state index is -0.141. The standard InChI is InChI=1S/C9H11ClN2OS2/c10-6-3-5-15-8(6)9(13)12-4-1-2-7(11)14/h3,5H,1-2,4H2,(H2,11,14)(H,12,13). The molecule has 1 heterocycles. The fourth-order valence-corrected chi connectivity index (χ4v) is 2.20. The average molecular weight is 263 g/mol. The van der Waals surface area contributed by atoms with E-state index in [-0.39, 0.29) is 5.91 Å². The fraction of sp³-hybridized carbons (Fsp3) is 0.333. The third-order valence-electron chi connectivity index (χ3n) is 1.71. The monoisotopic (exact) mass is 262 g/mol. The van der Waals surface area contributed by atoms with Crippen molar-refractivity contribution < 1.29 is 4.79 Å². The number of thiophene rings is 1. The van der Waals surface area contributed by atoms with Crippen LogP contribution in [0.5, 0.6) is 0 Å². The van der Waals surface area contributed by atoms with Crippen LogP contribution in [0.25, 0.3) is 0 Å². The molecule has 0 spiro atoms. The van der Waals surface area contributed by atoms with Gasteiger partial charge in [-0.1, -0.05) is 23.8 Å². The van der Waals surface area contributed by atoms with Crippen LogP contribution in [0.15, 0.2) is 11.4 Å². The normalized spacial score (nSPS) is 9.93. The number of amides is 1. The van der Waals surface area contributed by atoms with Crippen LogP contribution in [0.4, 0.5) is 0 Å². The zero-order valence-electron chi connectivity index (χ0n) is 7.96. The number of halogens is 1. The van der Waals surface area contributed by atoms with Crippen molar-refractivity contribution in [1.82, 2.24) is 5.32 Å². The van der Waals surface area contributed by atoms with Crippen molar-refractivity contribution in [1.29, 1.82) is 0 Å². The maximum atomic E-state index is 11.5. The lowest BCUT2D eigenvalue weighted by atomic mass is 10.3. The number of nitrogens with one attached hydrogen (secondary N) is 1. The van der Waals surface area contributed by atoms with E-state index in [1.165, 1.54) is 11.3 Å². The summed E-state index contributed by atoms with van der Waals surface area (Å²) in [4.78, 5) is 12.5. The molecule has 1 aromatic heterocycles. The van der Waals surface area contributed by atoms with Gasteiger partial charge in [0.25, 0.3) is 5.91 Å². The minimum absolute atomic E-state index is 0.141. The summed E-state index contributed by atoms with van der Waals surface area (Å²) in [5.41, 5.74) is 5.33. The summed E-state index contributed by atoms with van der Waals surface area (Å²) < 4.78 is 0. The second-order valence-electron chi connectivity index (χ2n) is 2.92. The summed E-state index contributed by atoms with van der Waals surface area (Å²) in [6.45, 7) is 0.560. The van der Waals surface area contributed by atoms with E-state index >= 15 is 0 Å². The summed E-state index contributed by atoms with van der Waals surface area (Å²) in [7, 11) is 0. The topological polar surface area (TPSA) is 55.1 Å². The average Bonchev–Trinajstić information content (AvgIpc) is 2.58. The fourth-order valence-electron chi connectivity index (χ4n) is 1.00. The quantitative estimate of drug-likeness (QED) is 0.632. The number of carbonyl (C=O) groups excluding carboxylic acids is 1. The van der Waals surface area contributed by atoms with E-state index in [9.17, 15) is 4.79 Å². The number of thiocarbonyl (C=S) groups is 1. The van der Waals surface area contributed by atoms with Gasteiger partial charge in [-0.15, -0.1) is 11.3 Å². The molecule has 0 fully saturated rings. The highest BCUT2D eigenvalue weighted by molar-refractivity contribution is 7.80. The number of hydrogen-bond donors (Lipinski definition) is 2. The molecule has 3 N–H and O–H groups in total. The summed E-state index contributed by atoms with van der Waals surface area (Å²) >= 11 is 11.9. The van der Waals surface area contributed by atoms with Gasteiger partial charge < -0.3 is 11.1 Å². The Morgan fingerprint density at radius 3 is 2.93 bits per heavy atom. The van der Waals surface area contributed by atoms with E-state index in [2.05, 4.69) is 5.32 Å². The lowest BCUT2D eigenvalue weighted by molar-refractivity contribution is 0.0957. The molecule has 0 atom stereocenters. The molecule has 0 unspecified atom stereocenters. The first-order chi connectivity index (χ1) is 7.11. The van der Waals surface area contributed by atoms with Crippen molar-refractivity contribution in [3.63, 3.8) is 0 Å². The molecule has 1 rings (SSSR count). The molecule has 0 aromatic carbocycles. The first-order valence-electron chi connectivity index (χ1n) is 4.40. The van der Waals surface area contributed by atoms with Gasteiger partial charge in [0.05, 0.1) is 10.0 Å². The van der Waals surface area contributed by atoms with Crippen LogP contribution in [0.2, 0.25) is 5.02 Å². The number of nitrogens with two attached hydrogens (primary N) is 1. The Morgan fingerprint density at radius 2 is 2.40 bits per heavy atom. The maximum absolute atomic E-state index is 11.5. The molecule has 1 aromatic rings. The number of rotatable bonds is 5. The molecule has 0 saturated heterocycles. The maximum Gasteiger partial charge on any atom is 0.262 e. The van der Waals surface area contributed by atoms with Crippen LogP contribution >= 0.6 is 35.2 Å². The van der Waals surface area contributed by atoms with E-state index in [1.807, 2.05) is 0 Å². The lowest BCUT2D eigenvalue weighted by Gasteiger charge is -2.03. The van der Waals surface area contributed by atoms with Gasteiger partial charge >= 0.3 is 0 Å². The van der Waals surface area contributed by atoms with Gasteiger partial charge in [0.2, 0.25) is 0 Å². The van der Waals surface area contributed by atoms with E-state index in [0.29, 0.717) is 27.9 Å². The highest BCUT2D eigenvalue weighted by Gasteiger charge is 2.10. The van der Waals surface area contributed by atoms with Crippen LogP contribution < -0.4 is 11.1 Å². The molecule has 1 amide bonds. The molecule has 15 heavy (non-hydrogen) atoms. The Morgan fingerprint density at radius 1 is 1.67 bits per heavy atom. The van der Waals surface area contributed by atoms with Crippen LogP contribution in [0.1, 0.15) is 22.5 Å². The largest absolute Gasteiger partial charge is 0.393 e. The van der Waals surface area contributed by atoms with Gasteiger partial charge in [-0.05, 0) is 24.3 Å². The van der Waals surface area contributed by atoms with Crippen molar-refractivity contribution in [3.8, 4) is 0 Å². The van der Waals surface area contributed by atoms with Crippen LogP contribution in [0, 0.1) is 0 Å². The van der Waals surface area contributed by atoms with Crippen LogP contribution in [-0.4, -0.2) is 17.4 Å². The van der Waals surface area contributed by atoms with Crippen LogP contribution in [-0.2, 0) is 0 Å². The van der Waals surface area contributed by atoms with Gasteiger partial charge in [0, 0.05) is 6.54 Å². The highest BCUT2D eigenvalue weighted by Crippen LogP contribution is 2.21. The Balaban J connectivity index is 2.31. The van der Waals surface area contributed by atoms with E-state index in [0.717, 1.165) is 6.42 Å². The van der Waals surface area contributed by atoms with E-state index in [1.54, 1.807) is 11.4 Å². The second kappa shape index (κ2) is 6.05.